The van der Waals surface area contributed by atoms with Crippen LogP contribution in [0.4, 0.5) is 0 Å². The molecule has 0 aromatic carbocycles. The molecule has 0 unspecified atom stereocenters. The average molecular weight is 290 g/mol. The van der Waals surface area contributed by atoms with Crippen molar-refractivity contribution in [1.29, 1.82) is 0 Å². The lowest BCUT2D eigenvalue weighted by molar-refractivity contribution is -0.138. The Balaban J connectivity index is 1.74. The van der Waals surface area contributed by atoms with E-state index in [2.05, 4.69) is 15.8 Å². The maximum Gasteiger partial charge on any atom is 0.288 e. The number of carbonyl (C=O) groups excluding carboxylic acids is 4. The number of rotatable bonds is 4. The highest BCUT2D eigenvalue weighted by Crippen LogP contribution is 2.11. The molecule has 0 atom stereocenters. The minimum atomic E-state index is -0.544. The number of imide groups is 1. The molecule has 0 saturated carbocycles. The Bertz CT molecular complexity index is 557. The van der Waals surface area contributed by atoms with E-state index >= 15 is 0 Å². The summed E-state index contributed by atoms with van der Waals surface area (Å²) in [6.45, 7) is 0.0168. The van der Waals surface area contributed by atoms with Crippen LogP contribution in [0.5, 0.6) is 0 Å². The van der Waals surface area contributed by atoms with Crippen molar-refractivity contribution in [1.82, 2.24) is 20.7 Å². The number of hydrogen-bond donors (Lipinski definition) is 2. The van der Waals surface area contributed by atoms with Crippen molar-refractivity contribution in [3.8, 4) is 0 Å². The monoisotopic (exact) mass is 290 g/mol. The first kappa shape index (κ1) is 14.6. The molecule has 2 N–H and O–H groups in total. The Kier molecular flexibility index (Phi) is 4.60. The van der Waals surface area contributed by atoms with Crippen LogP contribution in [0.3, 0.4) is 0 Å². The first-order chi connectivity index (χ1) is 10.1. The van der Waals surface area contributed by atoms with E-state index in [-0.39, 0.29) is 43.3 Å². The summed E-state index contributed by atoms with van der Waals surface area (Å²) in [5.41, 5.74) is 4.58. The molecular formula is C13H14N4O4. The van der Waals surface area contributed by atoms with Gasteiger partial charge >= 0.3 is 0 Å². The fourth-order valence-electron chi connectivity index (χ4n) is 1.84. The highest BCUT2D eigenvalue weighted by molar-refractivity contribution is 6.02. The van der Waals surface area contributed by atoms with E-state index in [1.54, 1.807) is 12.1 Å². The largest absolute Gasteiger partial charge is 0.288 e. The minimum absolute atomic E-state index is 0.0168. The fraction of sp³-hybridized carbons (Fsp3) is 0.308. The van der Waals surface area contributed by atoms with Gasteiger partial charge in [0.15, 0.2) is 0 Å². The normalized spacial score (nSPS) is 14.2. The number of amides is 4. The van der Waals surface area contributed by atoms with Gasteiger partial charge in [0.25, 0.3) is 5.91 Å². The summed E-state index contributed by atoms with van der Waals surface area (Å²) >= 11 is 0. The van der Waals surface area contributed by atoms with Gasteiger partial charge < -0.3 is 0 Å². The summed E-state index contributed by atoms with van der Waals surface area (Å²) in [6.07, 6.45) is 1.77. The zero-order valence-corrected chi connectivity index (χ0v) is 11.2. The number of hydrogen-bond acceptors (Lipinski definition) is 5. The molecule has 110 valence electrons. The summed E-state index contributed by atoms with van der Waals surface area (Å²) in [5, 5.41) is 0. The van der Waals surface area contributed by atoms with Crippen molar-refractivity contribution in [2.45, 2.75) is 19.3 Å². The third-order valence-electron chi connectivity index (χ3n) is 2.93. The van der Waals surface area contributed by atoms with Crippen LogP contribution >= 0.6 is 0 Å². The second-order valence-corrected chi connectivity index (χ2v) is 4.41. The molecule has 1 saturated heterocycles. The number of carbonyl (C=O) groups is 4. The van der Waals surface area contributed by atoms with Gasteiger partial charge in [0, 0.05) is 32.0 Å². The third kappa shape index (κ3) is 3.85. The molecule has 21 heavy (non-hydrogen) atoms. The number of hydrazine groups is 1. The molecule has 8 heteroatoms. The lowest BCUT2D eigenvalue weighted by Gasteiger charge is -2.13. The summed E-state index contributed by atoms with van der Waals surface area (Å²) in [4.78, 5) is 50.7. The Morgan fingerprint density at radius 3 is 2.48 bits per heavy atom. The van der Waals surface area contributed by atoms with Crippen molar-refractivity contribution < 1.29 is 19.2 Å². The van der Waals surface area contributed by atoms with Crippen LogP contribution < -0.4 is 10.9 Å². The molecule has 0 aliphatic carbocycles. The minimum Gasteiger partial charge on any atom is -0.282 e. The number of nitrogens with zero attached hydrogens (tertiary/aromatic N) is 2. The molecule has 4 amide bonds. The predicted octanol–water partition coefficient (Wildman–Crippen LogP) is -0.618. The lowest BCUT2D eigenvalue weighted by Crippen LogP contribution is -2.43. The molecule has 1 aromatic rings. The molecule has 1 aliphatic rings. The number of aromatic nitrogens is 1. The van der Waals surface area contributed by atoms with Gasteiger partial charge in [-0.3, -0.25) is 39.9 Å². The van der Waals surface area contributed by atoms with Gasteiger partial charge in [0.2, 0.25) is 17.7 Å². The smallest absolute Gasteiger partial charge is 0.282 e. The van der Waals surface area contributed by atoms with Gasteiger partial charge in [0.1, 0.15) is 5.69 Å². The maximum absolute atomic E-state index is 11.6. The third-order valence-corrected chi connectivity index (χ3v) is 2.93. The summed E-state index contributed by atoms with van der Waals surface area (Å²) < 4.78 is 0. The van der Waals surface area contributed by atoms with Gasteiger partial charge in [-0.15, -0.1) is 0 Å². The molecule has 1 aromatic heterocycles. The summed E-state index contributed by atoms with van der Waals surface area (Å²) in [7, 11) is 0. The van der Waals surface area contributed by atoms with Gasteiger partial charge in [-0.25, -0.2) is 0 Å². The average Bonchev–Trinajstić information content (AvgIpc) is 2.82. The molecule has 8 nitrogen and oxygen atoms in total. The standard InChI is InChI=1S/C13H14N4O4/c18-10(6-8-17-11(19)4-5-12(17)20)15-16-13(21)9-3-1-2-7-14-9/h1-3,7H,4-6,8H2,(H,15,18)(H,16,21). The van der Waals surface area contributed by atoms with E-state index in [4.69, 9.17) is 0 Å². The molecule has 0 spiro atoms. The van der Waals surface area contributed by atoms with Crippen molar-refractivity contribution >= 4 is 23.6 Å². The second-order valence-electron chi connectivity index (χ2n) is 4.41. The zero-order chi connectivity index (χ0) is 15.2. The van der Waals surface area contributed by atoms with Crippen LogP contribution in [0, 0.1) is 0 Å². The van der Waals surface area contributed by atoms with Crippen molar-refractivity contribution in [3.63, 3.8) is 0 Å². The Morgan fingerprint density at radius 2 is 1.86 bits per heavy atom. The van der Waals surface area contributed by atoms with Gasteiger partial charge in [-0.2, -0.15) is 0 Å². The summed E-state index contributed by atoms with van der Waals surface area (Å²) in [6, 6.07) is 4.82. The van der Waals surface area contributed by atoms with Crippen LogP contribution in [0.25, 0.3) is 0 Å². The SMILES string of the molecule is O=C(CCN1C(=O)CCC1=O)NNC(=O)c1ccccn1. The van der Waals surface area contributed by atoms with E-state index in [0.29, 0.717) is 0 Å². The van der Waals surface area contributed by atoms with E-state index in [1.165, 1.54) is 12.3 Å². The van der Waals surface area contributed by atoms with E-state index < -0.39 is 11.8 Å². The second kappa shape index (κ2) is 6.60. The molecule has 2 rings (SSSR count). The molecule has 1 fully saturated rings. The fourth-order valence-corrected chi connectivity index (χ4v) is 1.84. The Morgan fingerprint density at radius 1 is 1.14 bits per heavy atom. The highest BCUT2D eigenvalue weighted by atomic mass is 16.2. The molecular weight excluding hydrogens is 276 g/mol. The topological polar surface area (TPSA) is 108 Å². The maximum atomic E-state index is 11.6. The lowest BCUT2D eigenvalue weighted by atomic mass is 10.3. The number of pyridine rings is 1. The number of likely N-dealkylation sites (tertiary alicyclic amines) is 1. The van der Waals surface area contributed by atoms with Gasteiger partial charge in [-0.05, 0) is 12.1 Å². The Hall–Kier alpha value is -2.77. The van der Waals surface area contributed by atoms with Gasteiger partial charge in [-0.1, -0.05) is 6.07 Å². The molecule has 1 aliphatic heterocycles. The van der Waals surface area contributed by atoms with E-state index in [9.17, 15) is 19.2 Å². The first-order valence-electron chi connectivity index (χ1n) is 6.41. The van der Waals surface area contributed by atoms with Crippen LogP contribution in [0.1, 0.15) is 29.8 Å². The van der Waals surface area contributed by atoms with Crippen LogP contribution in [0.2, 0.25) is 0 Å². The predicted molar refractivity (Wildman–Crippen MR) is 70.4 cm³/mol. The first-order valence-corrected chi connectivity index (χ1v) is 6.41. The van der Waals surface area contributed by atoms with Crippen molar-refractivity contribution in [2.24, 2.45) is 0 Å². The molecule has 0 radical (unpaired) electrons. The van der Waals surface area contributed by atoms with Crippen LogP contribution in [0.15, 0.2) is 24.4 Å². The van der Waals surface area contributed by atoms with Crippen molar-refractivity contribution in [3.05, 3.63) is 30.1 Å². The summed E-state index contributed by atoms with van der Waals surface area (Å²) in [5.74, 6) is -1.58. The molecule has 0 bridgehead atoms. The molecule has 2 heterocycles. The van der Waals surface area contributed by atoms with Crippen LogP contribution in [-0.4, -0.2) is 40.1 Å². The number of nitrogens with one attached hydrogen (secondary N) is 2. The zero-order valence-electron chi connectivity index (χ0n) is 11.2. The Labute approximate surface area is 120 Å². The van der Waals surface area contributed by atoms with Crippen molar-refractivity contribution in [2.75, 3.05) is 6.54 Å². The van der Waals surface area contributed by atoms with E-state index in [0.717, 1.165) is 4.90 Å². The van der Waals surface area contributed by atoms with E-state index in [1.807, 2.05) is 0 Å². The highest BCUT2D eigenvalue weighted by Gasteiger charge is 2.28. The van der Waals surface area contributed by atoms with Gasteiger partial charge in [0.05, 0.1) is 0 Å². The quantitative estimate of drug-likeness (QED) is 0.567. The van der Waals surface area contributed by atoms with Crippen LogP contribution in [-0.2, 0) is 14.4 Å².